The van der Waals surface area contributed by atoms with Crippen LogP contribution in [-0.2, 0) is 0 Å². The Labute approximate surface area is 137 Å². The van der Waals surface area contributed by atoms with Crippen LogP contribution in [-0.4, -0.2) is 69.1 Å². The summed E-state index contributed by atoms with van der Waals surface area (Å²) >= 11 is 5.36. The summed E-state index contributed by atoms with van der Waals surface area (Å²) in [6.45, 7) is 6.57. The summed E-state index contributed by atoms with van der Waals surface area (Å²) in [4.78, 5) is 9.39. The Kier molecular flexibility index (Phi) is 6.30. The molecule has 7 heteroatoms. The molecule has 1 heterocycles. The molecule has 0 radical (unpaired) electrons. The van der Waals surface area contributed by atoms with Crippen molar-refractivity contribution in [3.8, 4) is 0 Å². The standard InChI is InChI=1S/C15H25ClN6/c1-20(2)7-8-21-9-11-22(12-10-21)14-5-3-13(4-6-14)18-15(17)19-16/h3-6H,7-12H2,1-2H3,(H3,17,18,19). The zero-order chi connectivity index (χ0) is 15.9. The third-order valence-electron chi connectivity index (χ3n) is 3.83. The van der Waals surface area contributed by atoms with E-state index in [1.165, 1.54) is 5.69 Å². The zero-order valence-electron chi connectivity index (χ0n) is 13.3. The van der Waals surface area contributed by atoms with Crippen molar-refractivity contribution in [3.63, 3.8) is 0 Å². The van der Waals surface area contributed by atoms with Crippen molar-refractivity contribution in [2.24, 2.45) is 0 Å². The minimum Gasteiger partial charge on any atom is -0.369 e. The van der Waals surface area contributed by atoms with E-state index in [9.17, 15) is 0 Å². The fourth-order valence-electron chi connectivity index (χ4n) is 2.49. The Balaban J connectivity index is 1.82. The number of piperazine rings is 1. The van der Waals surface area contributed by atoms with E-state index >= 15 is 0 Å². The van der Waals surface area contributed by atoms with Gasteiger partial charge in [-0.2, -0.15) is 0 Å². The number of rotatable bonds is 5. The number of likely N-dealkylation sites (N-methyl/N-ethyl adjacent to an activating group) is 1. The Morgan fingerprint density at radius 1 is 1.18 bits per heavy atom. The molecule has 3 N–H and O–H groups in total. The van der Waals surface area contributed by atoms with E-state index in [0.29, 0.717) is 0 Å². The van der Waals surface area contributed by atoms with Crippen LogP contribution in [0.15, 0.2) is 24.3 Å². The van der Waals surface area contributed by atoms with Gasteiger partial charge in [-0.15, -0.1) is 0 Å². The molecule has 6 nitrogen and oxygen atoms in total. The van der Waals surface area contributed by atoms with E-state index < -0.39 is 0 Å². The predicted octanol–water partition coefficient (Wildman–Crippen LogP) is 1.46. The summed E-state index contributed by atoms with van der Waals surface area (Å²) in [6, 6.07) is 8.10. The van der Waals surface area contributed by atoms with Crippen molar-refractivity contribution in [1.29, 1.82) is 5.41 Å². The smallest absolute Gasteiger partial charge is 0.207 e. The predicted molar refractivity (Wildman–Crippen MR) is 94.0 cm³/mol. The van der Waals surface area contributed by atoms with Crippen molar-refractivity contribution in [1.82, 2.24) is 14.6 Å². The van der Waals surface area contributed by atoms with Crippen molar-refractivity contribution < 1.29 is 0 Å². The second-order valence-electron chi connectivity index (χ2n) is 5.77. The number of benzene rings is 1. The molecule has 1 aromatic carbocycles. The Morgan fingerprint density at radius 2 is 1.82 bits per heavy atom. The van der Waals surface area contributed by atoms with Gasteiger partial charge in [0, 0.05) is 62.4 Å². The summed E-state index contributed by atoms with van der Waals surface area (Å²) < 4.78 is 0. The molecular weight excluding hydrogens is 300 g/mol. The minimum atomic E-state index is 0.0731. The van der Waals surface area contributed by atoms with Gasteiger partial charge in [-0.05, 0) is 38.4 Å². The van der Waals surface area contributed by atoms with Crippen molar-refractivity contribution in [2.45, 2.75) is 0 Å². The summed E-state index contributed by atoms with van der Waals surface area (Å²) in [7, 11) is 4.23. The number of nitrogens with zero attached hydrogens (tertiary/aromatic N) is 3. The third-order valence-corrected chi connectivity index (χ3v) is 4.02. The summed E-state index contributed by atoms with van der Waals surface area (Å²) in [5.74, 6) is 0.0731. The lowest BCUT2D eigenvalue weighted by atomic mass is 10.2. The highest BCUT2D eigenvalue weighted by molar-refractivity contribution is 6.23. The lowest BCUT2D eigenvalue weighted by Crippen LogP contribution is -2.48. The Bertz CT molecular complexity index is 467. The summed E-state index contributed by atoms with van der Waals surface area (Å²) in [5.41, 5.74) is 2.08. The second kappa shape index (κ2) is 8.22. The maximum atomic E-state index is 7.44. The second-order valence-corrected chi connectivity index (χ2v) is 5.96. The SMILES string of the molecule is CN(C)CCN1CCN(c2ccc(NC(=N)NCl)cc2)CC1. The molecule has 1 aliphatic heterocycles. The largest absolute Gasteiger partial charge is 0.369 e. The Morgan fingerprint density at radius 3 is 2.36 bits per heavy atom. The molecule has 2 rings (SSSR count). The van der Waals surface area contributed by atoms with Crippen molar-refractivity contribution in [3.05, 3.63) is 24.3 Å². The van der Waals surface area contributed by atoms with Gasteiger partial charge in [0.15, 0.2) is 0 Å². The molecule has 0 spiro atoms. The van der Waals surface area contributed by atoms with Crippen LogP contribution in [0.25, 0.3) is 0 Å². The molecule has 0 aliphatic carbocycles. The molecule has 0 bridgehead atoms. The van der Waals surface area contributed by atoms with Crippen LogP contribution >= 0.6 is 11.8 Å². The number of nitrogens with one attached hydrogen (secondary N) is 3. The van der Waals surface area contributed by atoms with Crippen LogP contribution in [0.4, 0.5) is 11.4 Å². The normalized spacial score (nSPS) is 15.9. The highest BCUT2D eigenvalue weighted by Gasteiger charge is 2.16. The van der Waals surface area contributed by atoms with Crippen molar-refractivity contribution in [2.75, 3.05) is 63.6 Å². The van der Waals surface area contributed by atoms with Gasteiger partial charge in [-0.3, -0.25) is 15.1 Å². The fourth-order valence-corrected chi connectivity index (χ4v) is 2.54. The van der Waals surface area contributed by atoms with Crippen LogP contribution < -0.4 is 15.1 Å². The van der Waals surface area contributed by atoms with Crippen LogP contribution in [0.5, 0.6) is 0 Å². The van der Waals surface area contributed by atoms with E-state index in [0.717, 1.165) is 45.0 Å². The fraction of sp³-hybridized carbons (Fsp3) is 0.533. The van der Waals surface area contributed by atoms with Gasteiger partial charge in [-0.25, -0.2) is 0 Å². The topological polar surface area (TPSA) is 57.6 Å². The maximum absolute atomic E-state index is 7.44. The molecule has 1 aliphatic rings. The lowest BCUT2D eigenvalue weighted by Gasteiger charge is -2.36. The quantitative estimate of drug-likeness (QED) is 0.435. The molecule has 0 aromatic heterocycles. The number of hydrogen-bond donors (Lipinski definition) is 3. The highest BCUT2D eigenvalue weighted by Crippen LogP contribution is 2.19. The zero-order valence-corrected chi connectivity index (χ0v) is 14.0. The molecule has 0 amide bonds. The van der Waals surface area contributed by atoms with Crippen LogP contribution in [0.3, 0.4) is 0 Å². The first-order valence-electron chi connectivity index (χ1n) is 7.53. The molecular formula is C15H25ClN6. The molecule has 0 atom stereocenters. The van der Waals surface area contributed by atoms with Gasteiger partial charge >= 0.3 is 0 Å². The average molecular weight is 325 g/mol. The van der Waals surface area contributed by atoms with Crippen LogP contribution in [0.1, 0.15) is 0 Å². The van der Waals surface area contributed by atoms with E-state index in [2.05, 4.69) is 51.1 Å². The summed E-state index contributed by atoms with van der Waals surface area (Å²) in [5, 5.41) is 10.3. The molecule has 1 saturated heterocycles. The number of guanidine groups is 1. The molecule has 1 aromatic rings. The molecule has 1 fully saturated rings. The van der Waals surface area contributed by atoms with Gasteiger partial charge in [0.05, 0.1) is 0 Å². The van der Waals surface area contributed by atoms with E-state index in [-0.39, 0.29) is 5.96 Å². The maximum Gasteiger partial charge on any atom is 0.207 e. The first-order chi connectivity index (χ1) is 10.6. The van der Waals surface area contributed by atoms with Crippen molar-refractivity contribution >= 4 is 29.1 Å². The first-order valence-corrected chi connectivity index (χ1v) is 7.90. The third kappa shape index (κ3) is 5.05. The highest BCUT2D eigenvalue weighted by atomic mass is 35.5. The number of hydrogen-bond acceptors (Lipinski definition) is 4. The summed E-state index contributed by atoms with van der Waals surface area (Å²) in [6.07, 6.45) is 0. The molecule has 0 unspecified atom stereocenters. The number of halogens is 1. The molecule has 122 valence electrons. The monoisotopic (exact) mass is 324 g/mol. The molecule has 0 saturated carbocycles. The van der Waals surface area contributed by atoms with Crippen LogP contribution in [0, 0.1) is 5.41 Å². The van der Waals surface area contributed by atoms with E-state index in [4.69, 9.17) is 17.2 Å². The van der Waals surface area contributed by atoms with E-state index in [1.54, 1.807) is 0 Å². The van der Waals surface area contributed by atoms with Crippen LogP contribution in [0.2, 0.25) is 0 Å². The van der Waals surface area contributed by atoms with Gasteiger partial charge in [0.25, 0.3) is 0 Å². The Hall–Kier alpha value is -1.50. The minimum absolute atomic E-state index is 0.0731. The van der Waals surface area contributed by atoms with Gasteiger partial charge in [-0.1, -0.05) is 0 Å². The molecule has 22 heavy (non-hydrogen) atoms. The first kappa shape index (κ1) is 16.9. The van der Waals surface area contributed by atoms with Gasteiger partial charge < -0.3 is 15.1 Å². The van der Waals surface area contributed by atoms with Gasteiger partial charge in [0.1, 0.15) is 0 Å². The van der Waals surface area contributed by atoms with Gasteiger partial charge in [0.2, 0.25) is 5.96 Å². The van der Waals surface area contributed by atoms with E-state index in [1.807, 2.05) is 12.1 Å². The lowest BCUT2D eigenvalue weighted by molar-refractivity contribution is 0.229. The number of anilines is 2. The average Bonchev–Trinajstić information content (AvgIpc) is 2.54.